The Hall–Kier alpha value is -2.67. The Morgan fingerprint density at radius 3 is 2.57 bits per heavy atom. The molecule has 3 rings (SSSR count). The molecule has 118 valence electrons. The molecule has 2 atom stereocenters. The molecule has 3 N–H and O–H groups in total. The second-order valence-corrected chi connectivity index (χ2v) is 6.24. The number of carbonyl (C=O) groups is 3. The second-order valence-electron chi connectivity index (χ2n) is 5.20. The van der Waals surface area contributed by atoms with Crippen LogP contribution >= 0.6 is 11.3 Å². The molecule has 0 bridgehead atoms. The summed E-state index contributed by atoms with van der Waals surface area (Å²) in [5.74, 6) is -1.16. The highest BCUT2D eigenvalue weighted by atomic mass is 32.1. The van der Waals surface area contributed by atoms with Crippen LogP contribution in [0.15, 0.2) is 47.8 Å². The van der Waals surface area contributed by atoms with E-state index in [1.54, 1.807) is 24.3 Å². The number of hydrogen-bond donors (Lipinski definition) is 2. The molecule has 1 aromatic heterocycles. The highest BCUT2D eigenvalue weighted by Crippen LogP contribution is 2.25. The summed E-state index contributed by atoms with van der Waals surface area (Å²) in [6.45, 7) is 0. The van der Waals surface area contributed by atoms with Crippen LogP contribution < -0.4 is 11.1 Å². The molecule has 2 aromatic rings. The predicted octanol–water partition coefficient (Wildman–Crippen LogP) is 1.44. The minimum Gasteiger partial charge on any atom is -0.368 e. The van der Waals surface area contributed by atoms with Crippen LogP contribution in [0.2, 0.25) is 0 Å². The zero-order valence-electron chi connectivity index (χ0n) is 12.1. The Kier molecular flexibility index (Phi) is 4.12. The number of hydrogen-bond acceptors (Lipinski definition) is 4. The molecule has 0 spiro atoms. The van der Waals surface area contributed by atoms with Crippen LogP contribution in [0.25, 0.3) is 0 Å². The zero-order valence-corrected chi connectivity index (χ0v) is 13.0. The molecule has 23 heavy (non-hydrogen) atoms. The van der Waals surface area contributed by atoms with E-state index >= 15 is 0 Å². The van der Waals surface area contributed by atoms with Crippen molar-refractivity contribution in [2.24, 2.45) is 5.73 Å². The average molecular weight is 329 g/mol. The van der Waals surface area contributed by atoms with Gasteiger partial charge in [-0.1, -0.05) is 36.4 Å². The van der Waals surface area contributed by atoms with Crippen LogP contribution in [-0.2, 0) is 16.0 Å². The largest absolute Gasteiger partial charge is 0.368 e. The van der Waals surface area contributed by atoms with E-state index in [1.165, 1.54) is 11.3 Å². The van der Waals surface area contributed by atoms with Gasteiger partial charge in [-0.3, -0.25) is 9.59 Å². The standard InChI is InChI=1S/C16H15N3O3S/c17-14(20)12(9-11-7-4-8-23-11)19-15(21)13(18-16(19)22)10-5-2-1-3-6-10/h1-8,12-13H,9H2,(H2,17,20)(H,18,22)/t12-,13-/m0/s1. The number of urea groups is 1. The molecule has 1 saturated heterocycles. The van der Waals surface area contributed by atoms with Gasteiger partial charge in [0.1, 0.15) is 12.1 Å². The van der Waals surface area contributed by atoms with Crippen LogP contribution in [0, 0.1) is 0 Å². The van der Waals surface area contributed by atoms with Gasteiger partial charge in [0, 0.05) is 11.3 Å². The van der Waals surface area contributed by atoms with Crippen molar-refractivity contribution >= 4 is 29.2 Å². The van der Waals surface area contributed by atoms with E-state index in [0.29, 0.717) is 5.56 Å². The number of imide groups is 1. The lowest BCUT2D eigenvalue weighted by molar-refractivity contribution is -0.134. The van der Waals surface area contributed by atoms with E-state index in [9.17, 15) is 14.4 Å². The van der Waals surface area contributed by atoms with Gasteiger partial charge in [-0.05, 0) is 17.0 Å². The number of benzene rings is 1. The molecule has 0 saturated carbocycles. The summed E-state index contributed by atoms with van der Waals surface area (Å²) >= 11 is 1.45. The minimum atomic E-state index is -0.991. The van der Waals surface area contributed by atoms with Crippen molar-refractivity contribution in [1.29, 1.82) is 0 Å². The number of primary amides is 1. The minimum absolute atomic E-state index is 0.230. The Morgan fingerprint density at radius 1 is 1.22 bits per heavy atom. The molecule has 6 nitrogen and oxygen atoms in total. The van der Waals surface area contributed by atoms with Crippen LogP contribution in [0.5, 0.6) is 0 Å². The zero-order chi connectivity index (χ0) is 16.4. The van der Waals surface area contributed by atoms with E-state index in [1.807, 2.05) is 23.6 Å². The van der Waals surface area contributed by atoms with Crippen LogP contribution in [-0.4, -0.2) is 28.8 Å². The highest BCUT2D eigenvalue weighted by Gasteiger charge is 2.44. The lowest BCUT2D eigenvalue weighted by atomic mass is 10.1. The molecule has 1 fully saturated rings. The summed E-state index contributed by atoms with van der Waals surface area (Å²) in [5.41, 5.74) is 6.11. The second kappa shape index (κ2) is 6.21. The summed E-state index contributed by atoms with van der Waals surface area (Å²) < 4.78 is 0. The fraction of sp³-hybridized carbons (Fsp3) is 0.188. The fourth-order valence-electron chi connectivity index (χ4n) is 2.60. The van der Waals surface area contributed by atoms with Gasteiger partial charge in [-0.15, -0.1) is 11.3 Å². The smallest absolute Gasteiger partial charge is 0.325 e. The van der Waals surface area contributed by atoms with Gasteiger partial charge in [-0.25, -0.2) is 9.69 Å². The van der Waals surface area contributed by atoms with Gasteiger partial charge in [0.25, 0.3) is 5.91 Å². The molecule has 0 unspecified atom stereocenters. The first-order chi connectivity index (χ1) is 11.1. The summed E-state index contributed by atoms with van der Waals surface area (Å²) in [6, 6.07) is 10.2. The monoisotopic (exact) mass is 329 g/mol. The van der Waals surface area contributed by atoms with E-state index in [4.69, 9.17) is 5.73 Å². The van der Waals surface area contributed by atoms with Crippen LogP contribution in [0.1, 0.15) is 16.5 Å². The van der Waals surface area contributed by atoms with Gasteiger partial charge in [-0.2, -0.15) is 0 Å². The summed E-state index contributed by atoms with van der Waals surface area (Å²) in [4.78, 5) is 38.5. The molecular weight excluding hydrogens is 314 g/mol. The first-order valence-corrected chi connectivity index (χ1v) is 7.96. The summed E-state index contributed by atoms with van der Waals surface area (Å²) in [6.07, 6.45) is 0.230. The summed E-state index contributed by atoms with van der Waals surface area (Å²) in [5, 5.41) is 4.49. The molecule has 0 aliphatic carbocycles. The van der Waals surface area contributed by atoms with E-state index in [-0.39, 0.29) is 6.42 Å². The van der Waals surface area contributed by atoms with E-state index < -0.39 is 29.9 Å². The Balaban J connectivity index is 1.87. The third-order valence-corrected chi connectivity index (χ3v) is 4.62. The van der Waals surface area contributed by atoms with Crippen molar-refractivity contribution in [3.8, 4) is 0 Å². The third-order valence-electron chi connectivity index (χ3n) is 3.72. The number of thiophene rings is 1. The molecule has 4 amide bonds. The molecule has 7 heteroatoms. The maximum absolute atomic E-state index is 12.6. The van der Waals surface area contributed by atoms with Crippen molar-refractivity contribution in [1.82, 2.24) is 10.2 Å². The van der Waals surface area contributed by atoms with Crippen molar-refractivity contribution in [2.45, 2.75) is 18.5 Å². The lowest BCUT2D eigenvalue weighted by Gasteiger charge is -2.22. The lowest BCUT2D eigenvalue weighted by Crippen LogP contribution is -2.49. The number of nitrogens with zero attached hydrogens (tertiary/aromatic N) is 1. The van der Waals surface area contributed by atoms with Crippen LogP contribution in [0.4, 0.5) is 4.79 Å². The SMILES string of the molecule is NC(=O)[C@H](Cc1cccs1)N1C(=O)N[C@@H](c2ccccc2)C1=O. The number of amides is 4. The van der Waals surface area contributed by atoms with Crippen molar-refractivity contribution in [2.75, 3.05) is 0 Å². The number of nitrogens with one attached hydrogen (secondary N) is 1. The topological polar surface area (TPSA) is 92.5 Å². The van der Waals surface area contributed by atoms with Gasteiger partial charge in [0.15, 0.2) is 0 Å². The van der Waals surface area contributed by atoms with Crippen molar-refractivity contribution in [3.05, 3.63) is 58.3 Å². The Morgan fingerprint density at radius 2 is 1.96 bits per heavy atom. The normalized spacial score (nSPS) is 18.8. The van der Waals surface area contributed by atoms with E-state index in [0.717, 1.165) is 9.78 Å². The van der Waals surface area contributed by atoms with Gasteiger partial charge in [0.05, 0.1) is 0 Å². The predicted molar refractivity (Wildman–Crippen MR) is 85.6 cm³/mol. The Bertz CT molecular complexity index is 730. The maximum atomic E-state index is 12.6. The molecule has 1 aliphatic heterocycles. The van der Waals surface area contributed by atoms with Gasteiger partial charge < -0.3 is 11.1 Å². The molecular formula is C16H15N3O3S. The van der Waals surface area contributed by atoms with Crippen LogP contribution in [0.3, 0.4) is 0 Å². The first kappa shape index (κ1) is 15.2. The maximum Gasteiger partial charge on any atom is 0.325 e. The molecule has 1 aromatic carbocycles. The number of nitrogens with two attached hydrogens (primary N) is 1. The summed E-state index contributed by atoms with van der Waals surface area (Å²) in [7, 11) is 0. The van der Waals surface area contributed by atoms with Crippen molar-refractivity contribution < 1.29 is 14.4 Å². The molecule has 0 radical (unpaired) electrons. The highest BCUT2D eigenvalue weighted by molar-refractivity contribution is 7.09. The number of rotatable bonds is 5. The molecule has 2 heterocycles. The Labute approximate surface area is 136 Å². The quantitative estimate of drug-likeness (QED) is 0.813. The third kappa shape index (κ3) is 2.95. The fourth-order valence-corrected chi connectivity index (χ4v) is 3.34. The molecule has 1 aliphatic rings. The average Bonchev–Trinajstić information content (AvgIpc) is 3.14. The van der Waals surface area contributed by atoms with E-state index in [2.05, 4.69) is 5.32 Å². The van der Waals surface area contributed by atoms with Crippen molar-refractivity contribution in [3.63, 3.8) is 0 Å². The number of carbonyl (C=O) groups excluding carboxylic acids is 3. The van der Waals surface area contributed by atoms with Gasteiger partial charge >= 0.3 is 6.03 Å². The van der Waals surface area contributed by atoms with Gasteiger partial charge in [0.2, 0.25) is 5.91 Å². The first-order valence-electron chi connectivity index (χ1n) is 7.08.